The highest BCUT2D eigenvalue weighted by Gasteiger charge is 2.26. The molecule has 11 heavy (non-hydrogen) atoms. The smallest absolute Gasteiger partial charge is 0.151 e. The van der Waals surface area contributed by atoms with Crippen molar-refractivity contribution in [1.82, 2.24) is 9.97 Å². The van der Waals surface area contributed by atoms with Crippen LogP contribution in [0.25, 0.3) is 0 Å². The summed E-state index contributed by atoms with van der Waals surface area (Å²) in [6, 6.07) is 0. The first-order chi connectivity index (χ1) is 5.27. The Hall–Kier alpha value is -0.340. The second kappa shape index (κ2) is 2.61. The summed E-state index contributed by atoms with van der Waals surface area (Å²) in [6.45, 7) is 0. The van der Waals surface area contributed by atoms with Crippen molar-refractivity contribution in [1.29, 1.82) is 0 Å². The van der Waals surface area contributed by atoms with Crippen LogP contribution >= 0.6 is 23.2 Å². The van der Waals surface area contributed by atoms with Crippen molar-refractivity contribution in [2.45, 2.75) is 18.8 Å². The van der Waals surface area contributed by atoms with Gasteiger partial charge in [-0.15, -0.1) is 0 Å². The van der Waals surface area contributed by atoms with Crippen molar-refractivity contribution in [3.05, 3.63) is 22.2 Å². The molecule has 1 aliphatic rings. The van der Waals surface area contributed by atoms with Gasteiger partial charge in [0, 0.05) is 5.92 Å². The molecule has 4 heteroatoms. The van der Waals surface area contributed by atoms with Gasteiger partial charge < -0.3 is 0 Å². The van der Waals surface area contributed by atoms with Crippen molar-refractivity contribution in [2.75, 3.05) is 0 Å². The van der Waals surface area contributed by atoms with Crippen molar-refractivity contribution < 1.29 is 0 Å². The van der Waals surface area contributed by atoms with Gasteiger partial charge in [0.15, 0.2) is 5.15 Å². The third kappa shape index (κ3) is 1.47. The third-order valence-corrected chi connectivity index (χ3v) is 2.32. The molecule has 0 amide bonds. The monoisotopic (exact) mass is 188 g/mol. The van der Waals surface area contributed by atoms with Crippen LogP contribution < -0.4 is 0 Å². The maximum atomic E-state index is 5.70. The van der Waals surface area contributed by atoms with Crippen LogP contribution in [0.3, 0.4) is 0 Å². The zero-order valence-corrected chi connectivity index (χ0v) is 7.23. The molecule has 58 valence electrons. The Morgan fingerprint density at radius 1 is 1.36 bits per heavy atom. The minimum absolute atomic E-state index is 0.364. The summed E-state index contributed by atoms with van der Waals surface area (Å²) in [5, 5.41) is 0.791. The van der Waals surface area contributed by atoms with Crippen LogP contribution in [-0.2, 0) is 0 Å². The second-order valence-electron chi connectivity index (χ2n) is 2.64. The van der Waals surface area contributed by atoms with Crippen LogP contribution in [0.1, 0.15) is 24.6 Å². The van der Waals surface area contributed by atoms with Gasteiger partial charge in [0.25, 0.3) is 0 Å². The molecule has 0 saturated heterocycles. The summed E-state index contributed by atoms with van der Waals surface area (Å²) in [6.07, 6.45) is 3.92. The molecular weight excluding hydrogens is 183 g/mol. The summed E-state index contributed by atoms with van der Waals surface area (Å²) in [7, 11) is 0. The highest BCUT2D eigenvalue weighted by atomic mass is 35.5. The maximum Gasteiger partial charge on any atom is 0.151 e. The predicted molar refractivity (Wildman–Crippen MR) is 44.0 cm³/mol. The summed E-state index contributed by atoms with van der Waals surface area (Å²) in [4.78, 5) is 8.13. The quantitative estimate of drug-likeness (QED) is 0.634. The van der Waals surface area contributed by atoms with E-state index in [4.69, 9.17) is 23.2 Å². The Bertz CT molecular complexity index is 284. The number of hydrogen-bond acceptors (Lipinski definition) is 2. The number of halogens is 2. The molecule has 1 aliphatic carbocycles. The summed E-state index contributed by atoms with van der Waals surface area (Å²) >= 11 is 11.4. The SMILES string of the molecule is Clc1cnc(C2CC2)nc1Cl. The van der Waals surface area contributed by atoms with E-state index in [2.05, 4.69) is 9.97 Å². The fourth-order valence-electron chi connectivity index (χ4n) is 0.897. The average molecular weight is 189 g/mol. The average Bonchev–Trinajstić information content (AvgIpc) is 2.77. The van der Waals surface area contributed by atoms with E-state index in [0.29, 0.717) is 16.1 Å². The molecule has 2 nitrogen and oxygen atoms in total. The number of hydrogen-bond donors (Lipinski definition) is 0. The Morgan fingerprint density at radius 3 is 2.64 bits per heavy atom. The molecular formula is C7H6Cl2N2. The zero-order chi connectivity index (χ0) is 7.84. The van der Waals surface area contributed by atoms with Crippen LogP contribution in [0.2, 0.25) is 10.2 Å². The molecule has 0 radical (unpaired) electrons. The molecule has 1 saturated carbocycles. The van der Waals surface area contributed by atoms with E-state index >= 15 is 0 Å². The minimum Gasteiger partial charge on any atom is -0.239 e. The zero-order valence-electron chi connectivity index (χ0n) is 5.72. The Morgan fingerprint density at radius 2 is 2.09 bits per heavy atom. The molecule has 0 aromatic carbocycles. The van der Waals surface area contributed by atoms with Crippen LogP contribution in [-0.4, -0.2) is 9.97 Å². The number of aromatic nitrogens is 2. The molecule has 0 unspecified atom stereocenters. The van der Waals surface area contributed by atoms with E-state index in [1.165, 1.54) is 12.8 Å². The molecule has 1 heterocycles. The van der Waals surface area contributed by atoms with E-state index < -0.39 is 0 Å². The normalized spacial score (nSPS) is 16.9. The van der Waals surface area contributed by atoms with E-state index in [-0.39, 0.29) is 0 Å². The lowest BCUT2D eigenvalue weighted by molar-refractivity contribution is 0.927. The first kappa shape index (κ1) is 7.32. The summed E-state index contributed by atoms with van der Waals surface area (Å²) < 4.78 is 0. The molecule has 0 atom stereocenters. The summed E-state index contributed by atoms with van der Waals surface area (Å²) in [5.74, 6) is 1.36. The van der Waals surface area contributed by atoms with E-state index in [0.717, 1.165) is 5.82 Å². The van der Waals surface area contributed by atoms with Crippen molar-refractivity contribution in [3.8, 4) is 0 Å². The molecule has 1 fully saturated rings. The highest BCUT2D eigenvalue weighted by molar-refractivity contribution is 6.41. The second-order valence-corrected chi connectivity index (χ2v) is 3.41. The highest BCUT2D eigenvalue weighted by Crippen LogP contribution is 2.38. The lowest BCUT2D eigenvalue weighted by atomic mass is 10.4. The van der Waals surface area contributed by atoms with E-state index in [9.17, 15) is 0 Å². The van der Waals surface area contributed by atoms with E-state index in [1.807, 2.05) is 0 Å². The van der Waals surface area contributed by atoms with Crippen molar-refractivity contribution in [3.63, 3.8) is 0 Å². The molecule has 1 aromatic heterocycles. The van der Waals surface area contributed by atoms with Gasteiger partial charge in [0.2, 0.25) is 0 Å². The van der Waals surface area contributed by atoms with E-state index in [1.54, 1.807) is 6.20 Å². The van der Waals surface area contributed by atoms with Gasteiger partial charge in [-0.25, -0.2) is 9.97 Å². The number of nitrogens with zero attached hydrogens (tertiary/aromatic N) is 2. The first-order valence-corrected chi connectivity index (χ1v) is 4.21. The van der Waals surface area contributed by atoms with Gasteiger partial charge in [0.1, 0.15) is 5.82 Å². The van der Waals surface area contributed by atoms with Gasteiger partial charge in [-0.3, -0.25) is 0 Å². The number of rotatable bonds is 1. The van der Waals surface area contributed by atoms with Crippen LogP contribution in [0, 0.1) is 0 Å². The van der Waals surface area contributed by atoms with Gasteiger partial charge in [-0.2, -0.15) is 0 Å². The van der Waals surface area contributed by atoms with Gasteiger partial charge >= 0.3 is 0 Å². The fraction of sp³-hybridized carbons (Fsp3) is 0.429. The molecule has 0 spiro atoms. The molecule has 2 rings (SSSR count). The fourth-order valence-corrected chi connectivity index (χ4v) is 1.12. The van der Waals surface area contributed by atoms with Crippen LogP contribution in [0.15, 0.2) is 6.20 Å². The Labute approximate surface area is 74.6 Å². The molecule has 0 N–H and O–H groups in total. The van der Waals surface area contributed by atoms with Gasteiger partial charge in [-0.05, 0) is 12.8 Å². The standard InChI is InChI=1S/C7H6Cl2N2/c8-5-3-10-7(4-1-2-4)11-6(5)9/h3-4H,1-2H2. The largest absolute Gasteiger partial charge is 0.239 e. The minimum atomic E-state index is 0.364. The predicted octanol–water partition coefficient (Wildman–Crippen LogP) is 2.66. The van der Waals surface area contributed by atoms with Crippen molar-refractivity contribution >= 4 is 23.2 Å². The van der Waals surface area contributed by atoms with Crippen LogP contribution in [0.4, 0.5) is 0 Å². The van der Waals surface area contributed by atoms with Gasteiger partial charge in [0.05, 0.1) is 11.2 Å². The lowest BCUT2D eigenvalue weighted by Crippen LogP contribution is -1.91. The van der Waals surface area contributed by atoms with Crippen molar-refractivity contribution in [2.24, 2.45) is 0 Å². The summed E-state index contributed by atoms with van der Waals surface area (Å²) in [5.41, 5.74) is 0. The molecule has 0 aliphatic heterocycles. The maximum absolute atomic E-state index is 5.70. The topological polar surface area (TPSA) is 25.8 Å². The van der Waals surface area contributed by atoms with Gasteiger partial charge in [-0.1, -0.05) is 23.2 Å². The Balaban J connectivity index is 2.36. The molecule has 0 bridgehead atoms. The third-order valence-electron chi connectivity index (χ3n) is 1.66. The molecule has 1 aromatic rings. The first-order valence-electron chi connectivity index (χ1n) is 3.45. The van der Waals surface area contributed by atoms with Crippen LogP contribution in [0.5, 0.6) is 0 Å². The lowest BCUT2D eigenvalue weighted by Gasteiger charge is -1.97. The Kier molecular flexibility index (Phi) is 1.74.